The van der Waals surface area contributed by atoms with E-state index in [2.05, 4.69) is 32.2 Å². The second kappa shape index (κ2) is 8.30. The summed E-state index contributed by atoms with van der Waals surface area (Å²) in [5.74, 6) is 0.828. The van der Waals surface area contributed by atoms with Crippen molar-refractivity contribution in [3.8, 4) is 10.4 Å². The Kier molecular flexibility index (Phi) is 5.08. The number of anilines is 1. The minimum atomic E-state index is -0.184. The largest absolute Gasteiger partial charge is 0.378 e. The molecule has 8 heteroatoms. The molecule has 6 nitrogen and oxygen atoms in total. The summed E-state index contributed by atoms with van der Waals surface area (Å²) in [6.07, 6.45) is 4.43. The SMILES string of the molecule is Fc1ccc2[nH]ccc2c1-c1cc2c(N3CCOCC3)nc(CN3CC4CCC(C3)N4)cc2s1. The zero-order chi connectivity index (χ0) is 22.6. The van der Waals surface area contributed by atoms with Crippen molar-refractivity contribution in [1.29, 1.82) is 0 Å². The minimum Gasteiger partial charge on any atom is -0.378 e. The predicted molar refractivity (Wildman–Crippen MR) is 135 cm³/mol. The molecule has 0 saturated carbocycles. The number of H-pyrrole nitrogens is 1. The Morgan fingerprint density at radius 3 is 2.71 bits per heavy atom. The molecule has 176 valence electrons. The summed E-state index contributed by atoms with van der Waals surface area (Å²) in [5.41, 5.74) is 2.73. The standard InChI is InChI=1S/C26H28FN5OS/c27-21-3-4-22-19(5-6-28-22)25(21)24-12-20-23(34-24)11-18(30-26(20)32-7-9-33-10-8-32)15-31-13-16-1-2-17(14-31)29-16/h3-6,11-12,16-17,28-29H,1-2,7-10,13-15H2. The van der Waals surface area contributed by atoms with Crippen molar-refractivity contribution in [3.05, 3.63) is 48.0 Å². The molecule has 0 radical (unpaired) electrons. The Morgan fingerprint density at radius 1 is 1.06 bits per heavy atom. The molecule has 6 heterocycles. The van der Waals surface area contributed by atoms with Gasteiger partial charge in [-0.1, -0.05) is 0 Å². The number of fused-ring (bicyclic) bond motifs is 4. The number of hydrogen-bond donors (Lipinski definition) is 2. The molecule has 3 fully saturated rings. The average Bonchev–Trinajstić information content (AvgIpc) is 3.57. The summed E-state index contributed by atoms with van der Waals surface area (Å²) in [6.45, 7) is 6.11. The number of benzene rings is 1. The maximum absolute atomic E-state index is 15.1. The Hall–Kier alpha value is -2.52. The highest BCUT2D eigenvalue weighted by Gasteiger charge is 2.32. The minimum absolute atomic E-state index is 0.184. The van der Waals surface area contributed by atoms with E-state index in [1.54, 1.807) is 23.5 Å². The lowest BCUT2D eigenvalue weighted by molar-refractivity contribution is 0.122. The lowest BCUT2D eigenvalue weighted by atomic mass is 10.1. The molecule has 0 spiro atoms. The van der Waals surface area contributed by atoms with Crippen LogP contribution < -0.4 is 10.2 Å². The number of aromatic amines is 1. The smallest absolute Gasteiger partial charge is 0.137 e. The number of likely N-dealkylation sites (tertiary alicyclic amines) is 1. The second-order valence-corrected chi connectivity index (χ2v) is 10.8. The van der Waals surface area contributed by atoms with Crippen LogP contribution in [-0.4, -0.2) is 66.3 Å². The third-order valence-corrected chi connectivity index (χ3v) is 8.57. The normalized spacial score (nSPS) is 23.4. The molecular weight excluding hydrogens is 449 g/mol. The van der Waals surface area contributed by atoms with Crippen LogP contribution in [0.3, 0.4) is 0 Å². The molecule has 3 aliphatic heterocycles. The van der Waals surface area contributed by atoms with E-state index < -0.39 is 0 Å². The van der Waals surface area contributed by atoms with Gasteiger partial charge in [0, 0.05) is 82.4 Å². The number of ether oxygens (including phenoxy) is 1. The van der Waals surface area contributed by atoms with Crippen molar-refractivity contribution >= 4 is 38.1 Å². The van der Waals surface area contributed by atoms with Crippen molar-refractivity contribution in [2.45, 2.75) is 31.5 Å². The lowest BCUT2D eigenvalue weighted by Crippen LogP contribution is -2.50. The van der Waals surface area contributed by atoms with E-state index in [0.717, 1.165) is 65.4 Å². The number of halogens is 1. The maximum atomic E-state index is 15.1. The number of thiophene rings is 1. The van der Waals surface area contributed by atoms with Crippen LogP contribution in [0, 0.1) is 5.82 Å². The number of rotatable bonds is 4. The van der Waals surface area contributed by atoms with Crippen LogP contribution in [-0.2, 0) is 11.3 Å². The van der Waals surface area contributed by atoms with Gasteiger partial charge in [-0.25, -0.2) is 9.37 Å². The van der Waals surface area contributed by atoms with Gasteiger partial charge in [0.05, 0.1) is 18.9 Å². The van der Waals surface area contributed by atoms with Gasteiger partial charge in [-0.15, -0.1) is 11.3 Å². The number of aromatic nitrogens is 2. The first-order chi connectivity index (χ1) is 16.7. The van der Waals surface area contributed by atoms with Crippen LogP contribution in [0.1, 0.15) is 18.5 Å². The fourth-order valence-electron chi connectivity index (χ4n) is 5.89. The molecule has 0 amide bonds. The third-order valence-electron chi connectivity index (χ3n) is 7.47. The molecule has 3 saturated heterocycles. The number of piperazine rings is 1. The average molecular weight is 478 g/mol. The molecular formula is C26H28FN5OS. The van der Waals surface area contributed by atoms with Crippen molar-refractivity contribution in [3.63, 3.8) is 0 Å². The summed E-state index contributed by atoms with van der Waals surface area (Å²) < 4.78 is 21.9. The van der Waals surface area contributed by atoms with Gasteiger partial charge in [0.15, 0.2) is 0 Å². The van der Waals surface area contributed by atoms with Crippen molar-refractivity contribution < 1.29 is 9.13 Å². The number of morpholine rings is 1. The number of pyridine rings is 1. The van der Waals surface area contributed by atoms with E-state index in [9.17, 15) is 0 Å². The molecule has 2 N–H and O–H groups in total. The summed E-state index contributed by atoms with van der Waals surface area (Å²) in [7, 11) is 0. The van der Waals surface area contributed by atoms with Crippen molar-refractivity contribution in [1.82, 2.24) is 20.2 Å². The van der Waals surface area contributed by atoms with E-state index in [1.807, 2.05) is 12.3 Å². The van der Waals surface area contributed by atoms with Gasteiger partial charge in [0.2, 0.25) is 0 Å². The van der Waals surface area contributed by atoms with E-state index >= 15 is 4.39 Å². The molecule has 2 atom stereocenters. The van der Waals surface area contributed by atoms with Crippen molar-refractivity contribution in [2.24, 2.45) is 0 Å². The van der Waals surface area contributed by atoms with Crippen LogP contribution in [0.2, 0.25) is 0 Å². The molecule has 0 aliphatic carbocycles. The molecule has 7 rings (SSSR count). The maximum Gasteiger partial charge on any atom is 0.137 e. The number of nitrogens with one attached hydrogen (secondary N) is 2. The Labute approximate surface area is 201 Å². The zero-order valence-corrected chi connectivity index (χ0v) is 19.8. The summed E-state index contributed by atoms with van der Waals surface area (Å²) in [6, 6.07) is 10.9. The summed E-state index contributed by atoms with van der Waals surface area (Å²) in [4.78, 5) is 14.2. The molecule has 2 bridgehead atoms. The van der Waals surface area contributed by atoms with Gasteiger partial charge in [-0.3, -0.25) is 4.90 Å². The Bertz CT molecular complexity index is 1350. The highest BCUT2D eigenvalue weighted by Crippen LogP contribution is 2.41. The van der Waals surface area contributed by atoms with Gasteiger partial charge >= 0.3 is 0 Å². The molecule has 2 unspecified atom stereocenters. The van der Waals surface area contributed by atoms with Crippen LogP contribution in [0.15, 0.2) is 36.5 Å². The fraction of sp³-hybridized carbons (Fsp3) is 0.423. The van der Waals surface area contributed by atoms with E-state index in [4.69, 9.17) is 9.72 Å². The van der Waals surface area contributed by atoms with Crippen LogP contribution in [0.25, 0.3) is 31.4 Å². The van der Waals surface area contributed by atoms with Gasteiger partial charge < -0.3 is 19.9 Å². The first-order valence-corrected chi connectivity index (χ1v) is 13.0. The second-order valence-electron chi connectivity index (χ2n) is 9.75. The highest BCUT2D eigenvalue weighted by molar-refractivity contribution is 7.22. The number of hydrogen-bond acceptors (Lipinski definition) is 6. The van der Waals surface area contributed by atoms with E-state index in [-0.39, 0.29) is 5.82 Å². The highest BCUT2D eigenvalue weighted by atomic mass is 32.1. The topological polar surface area (TPSA) is 56.4 Å². The molecule has 3 aromatic heterocycles. The van der Waals surface area contributed by atoms with Crippen molar-refractivity contribution in [2.75, 3.05) is 44.3 Å². The van der Waals surface area contributed by atoms with E-state index in [1.165, 1.54) is 17.5 Å². The fourth-order valence-corrected chi connectivity index (χ4v) is 7.07. The van der Waals surface area contributed by atoms with Gasteiger partial charge in [-0.2, -0.15) is 0 Å². The Balaban J connectivity index is 1.32. The lowest BCUT2D eigenvalue weighted by Gasteiger charge is -2.33. The molecule has 3 aliphatic rings. The first kappa shape index (κ1) is 20.8. The van der Waals surface area contributed by atoms with Crippen LogP contribution in [0.5, 0.6) is 0 Å². The first-order valence-electron chi connectivity index (χ1n) is 12.2. The summed E-state index contributed by atoms with van der Waals surface area (Å²) >= 11 is 1.67. The van der Waals surface area contributed by atoms with Gasteiger partial charge in [-0.05, 0) is 43.2 Å². The quantitative estimate of drug-likeness (QED) is 0.458. The van der Waals surface area contributed by atoms with Gasteiger partial charge in [0.1, 0.15) is 11.6 Å². The predicted octanol–water partition coefficient (Wildman–Crippen LogP) is 4.36. The Morgan fingerprint density at radius 2 is 1.88 bits per heavy atom. The van der Waals surface area contributed by atoms with E-state index in [0.29, 0.717) is 30.9 Å². The molecule has 4 aromatic rings. The summed E-state index contributed by atoms with van der Waals surface area (Å²) in [5, 5.41) is 5.75. The van der Waals surface area contributed by atoms with Gasteiger partial charge in [0.25, 0.3) is 0 Å². The number of nitrogens with zero attached hydrogens (tertiary/aromatic N) is 3. The van der Waals surface area contributed by atoms with Crippen LogP contribution in [0.4, 0.5) is 10.2 Å². The molecule has 1 aromatic carbocycles. The zero-order valence-electron chi connectivity index (χ0n) is 19.0. The van der Waals surface area contributed by atoms with Crippen LogP contribution >= 0.6 is 11.3 Å². The monoisotopic (exact) mass is 477 g/mol. The third kappa shape index (κ3) is 3.60. The molecule has 34 heavy (non-hydrogen) atoms.